The molecule has 2 atom stereocenters. The molecule has 0 spiro atoms. The van der Waals surface area contributed by atoms with E-state index in [-0.39, 0.29) is 17.9 Å². The fourth-order valence-electron chi connectivity index (χ4n) is 2.97. The van der Waals surface area contributed by atoms with Crippen LogP contribution in [0.25, 0.3) is 0 Å². The highest BCUT2D eigenvalue weighted by Gasteiger charge is 2.36. The van der Waals surface area contributed by atoms with Crippen molar-refractivity contribution >= 4 is 17.3 Å². The van der Waals surface area contributed by atoms with Crippen LogP contribution in [-0.4, -0.2) is 26.2 Å². The summed E-state index contributed by atoms with van der Waals surface area (Å²) in [5, 5.41) is 6.44. The highest BCUT2D eigenvalue weighted by molar-refractivity contribution is 5.99. The third kappa shape index (κ3) is 1.99. The van der Waals surface area contributed by atoms with Crippen molar-refractivity contribution in [3.8, 4) is 11.5 Å². The quantitative estimate of drug-likeness (QED) is 0.858. The maximum absolute atomic E-state index is 12.2. The van der Waals surface area contributed by atoms with Gasteiger partial charge in [-0.2, -0.15) is 0 Å². The number of hydrogen-bond donors (Lipinski definition) is 2. The molecule has 102 valence electrons. The second-order valence-electron chi connectivity index (χ2n) is 5.03. The van der Waals surface area contributed by atoms with Gasteiger partial charge in [-0.1, -0.05) is 6.42 Å². The van der Waals surface area contributed by atoms with Gasteiger partial charge in [0.2, 0.25) is 5.91 Å². The number of ether oxygens (including phenoxy) is 2. The minimum atomic E-state index is 0.0596. The molecule has 2 aliphatic rings. The van der Waals surface area contributed by atoms with Gasteiger partial charge in [-0.05, 0) is 12.8 Å². The Kier molecular flexibility index (Phi) is 2.97. The number of carbonyl (C=O) groups excluding carboxylic acids is 1. The molecule has 19 heavy (non-hydrogen) atoms. The Labute approximate surface area is 112 Å². The Morgan fingerprint density at radius 2 is 1.79 bits per heavy atom. The van der Waals surface area contributed by atoms with Gasteiger partial charge >= 0.3 is 0 Å². The van der Waals surface area contributed by atoms with E-state index < -0.39 is 0 Å². The van der Waals surface area contributed by atoms with Crippen molar-refractivity contribution in [3.05, 3.63) is 12.1 Å². The van der Waals surface area contributed by atoms with E-state index in [0.29, 0.717) is 11.5 Å². The molecule has 0 bridgehead atoms. The van der Waals surface area contributed by atoms with Crippen LogP contribution in [0.15, 0.2) is 12.1 Å². The van der Waals surface area contributed by atoms with Crippen molar-refractivity contribution in [2.24, 2.45) is 5.92 Å². The van der Waals surface area contributed by atoms with Crippen molar-refractivity contribution in [1.29, 1.82) is 0 Å². The van der Waals surface area contributed by atoms with E-state index in [9.17, 15) is 4.79 Å². The molecule has 2 N–H and O–H groups in total. The second kappa shape index (κ2) is 4.64. The minimum absolute atomic E-state index is 0.0596. The molecule has 0 radical (unpaired) electrons. The summed E-state index contributed by atoms with van der Waals surface area (Å²) >= 11 is 0. The minimum Gasteiger partial charge on any atom is -0.493 e. The number of rotatable bonds is 2. The van der Waals surface area contributed by atoms with Crippen LogP contribution in [0.3, 0.4) is 0 Å². The normalized spacial score (nSPS) is 24.6. The Hall–Kier alpha value is -1.91. The topological polar surface area (TPSA) is 59.6 Å². The highest BCUT2D eigenvalue weighted by Crippen LogP contribution is 2.41. The molecule has 0 saturated heterocycles. The molecule has 1 fully saturated rings. The third-order valence-corrected chi connectivity index (χ3v) is 3.98. The Morgan fingerprint density at radius 1 is 1.11 bits per heavy atom. The van der Waals surface area contributed by atoms with Crippen molar-refractivity contribution in [3.63, 3.8) is 0 Å². The van der Waals surface area contributed by atoms with Gasteiger partial charge in [0.1, 0.15) is 0 Å². The first-order valence-electron chi connectivity index (χ1n) is 6.56. The summed E-state index contributed by atoms with van der Waals surface area (Å²) in [6.45, 7) is 0. The van der Waals surface area contributed by atoms with Crippen LogP contribution < -0.4 is 20.1 Å². The van der Waals surface area contributed by atoms with Gasteiger partial charge in [-0.25, -0.2) is 0 Å². The molecule has 1 aliphatic heterocycles. The zero-order chi connectivity index (χ0) is 13.4. The van der Waals surface area contributed by atoms with Gasteiger partial charge < -0.3 is 20.1 Å². The molecule has 5 heteroatoms. The van der Waals surface area contributed by atoms with Gasteiger partial charge in [-0.3, -0.25) is 4.79 Å². The average Bonchev–Trinajstić information content (AvgIpc) is 2.83. The maximum Gasteiger partial charge on any atom is 0.229 e. The predicted octanol–water partition coefficient (Wildman–Crippen LogP) is 2.24. The number of hydrogen-bond acceptors (Lipinski definition) is 4. The Morgan fingerprint density at radius 3 is 2.47 bits per heavy atom. The zero-order valence-corrected chi connectivity index (χ0v) is 11.2. The molecule has 1 amide bonds. The van der Waals surface area contributed by atoms with Crippen molar-refractivity contribution < 1.29 is 14.3 Å². The standard InChI is InChI=1S/C14H18N2O3/c1-18-12-6-10-11(7-13(12)19-2)16-14(17)8-4-3-5-9(8)15-10/h6-9,15H,3-5H2,1-2H3,(H,16,17). The van der Waals surface area contributed by atoms with Crippen LogP contribution in [0.2, 0.25) is 0 Å². The van der Waals surface area contributed by atoms with Crippen molar-refractivity contribution in [2.45, 2.75) is 25.3 Å². The molecule has 0 aromatic heterocycles. The molecule has 1 aromatic carbocycles. The fraction of sp³-hybridized carbons (Fsp3) is 0.500. The molecule has 1 aromatic rings. The lowest BCUT2D eigenvalue weighted by molar-refractivity contribution is -0.119. The molecule has 1 heterocycles. The second-order valence-corrected chi connectivity index (χ2v) is 5.03. The molecular formula is C14H18N2O3. The molecule has 5 nitrogen and oxygen atoms in total. The first kappa shape index (κ1) is 12.1. The van der Waals surface area contributed by atoms with E-state index in [1.807, 2.05) is 6.07 Å². The lowest BCUT2D eigenvalue weighted by Crippen LogP contribution is -2.30. The van der Waals surface area contributed by atoms with Crippen LogP contribution in [-0.2, 0) is 4.79 Å². The molecule has 1 saturated carbocycles. The first-order chi connectivity index (χ1) is 9.22. The Bertz CT molecular complexity index is 516. The molecule has 1 aliphatic carbocycles. The lowest BCUT2D eigenvalue weighted by Gasteiger charge is -2.17. The number of methoxy groups -OCH3 is 2. The van der Waals surface area contributed by atoms with Gasteiger partial charge in [0.15, 0.2) is 11.5 Å². The van der Waals surface area contributed by atoms with E-state index >= 15 is 0 Å². The number of carbonyl (C=O) groups is 1. The van der Waals surface area contributed by atoms with E-state index in [1.54, 1.807) is 20.3 Å². The van der Waals surface area contributed by atoms with Crippen molar-refractivity contribution in [1.82, 2.24) is 0 Å². The van der Waals surface area contributed by atoms with Crippen LogP contribution in [0.1, 0.15) is 19.3 Å². The Balaban J connectivity index is 2.02. The summed E-state index contributed by atoms with van der Waals surface area (Å²) in [4.78, 5) is 12.2. The molecule has 2 unspecified atom stereocenters. The average molecular weight is 262 g/mol. The van der Waals surface area contributed by atoms with E-state index in [4.69, 9.17) is 9.47 Å². The summed E-state index contributed by atoms with van der Waals surface area (Å²) in [7, 11) is 3.20. The van der Waals surface area contributed by atoms with Gasteiger partial charge in [0, 0.05) is 18.2 Å². The SMILES string of the molecule is COc1cc2c(cc1OC)NC1CCCC1C(=O)N2. The lowest BCUT2D eigenvalue weighted by atomic mass is 10.0. The number of amides is 1. The van der Waals surface area contributed by atoms with E-state index in [0.717, 1.165) is 30.6 Å². The summed E-state index contributed by atoms with van der Waals surface area (Å²) in [5.74, 6) is 1.44. The summed E-state index contributed by atoms with van der Waals surface area (Å²) in [5.41, 5.74) is 1.66. The van der Waals surface area contributed by atoms with Crippen LogP contribution in [0.5, 0.6) is 11.5 Å². The predicted molar refractivity (Wildman–Crippen MR) is 72.9 cm³/mol. The van der Waals surface area contributed by atoms with E-state index in [1.165, 1.54) is 0 Å². The third-order valence-electron chi connectivity index (χ3n) is 3.98. The number of benzene rings is 1. The number of anilines is 2. The van der Waals surface area contributed by atoms with Gasteiger partial charge in [0.05, 0.1) is 31.5 Å². The fourth-order valence-corrected chi connectivity index (χ4v) is 2.97. The van der Waals surface area contributed by atoms with E-state index in [2.05, 4.69) is 10.6 Å². The van der Waals surface area contributed by atoms with Crippen LogP contribution in [0, 0.1) is 5.92 Å². The van der Waals surface area contributed by atoms with Crippen LogP contribution in [0.4, 0.5) is 11.4 Å². The number of fused-ring (bicyclic) bond motifs is 2. The zero-order valence-electron chi connectivity index (χ0n) is 11.2. The van der Waals surface area contributed by atoms with Gasteiger partial charge in [-0.15, -0.1) is 0 Å². The maximum atomic E-state index is 12.2. The van der Waals surface area contributed by atoms with Gasteiger partial charge in [0.25, 0.3) is 0 Å². The monoisotopic (exact) mass is 262 g/mol. The summed E-state index contributed by atoms with van der Waals surface area (Å²) in [6.07, 6.45) is 3.08. The first-order valence-corrected chi connectivity index (χ1v) is 6.56. The summed E-state index contributed by atoms with van der Waals surface area (Å²) < 4.78 is 10.6. The number of nitrogens with one attached hydrogen (secondary N) is 2. The van der Waals surface area contributed by atoms with Crippen molar-refractivity contribution in [2.75, 3.05) is 24.9 Å². The highest BCUT2D eigenvalue weighted by atomic mass is 16.5. The smallest absolute Gasteiger partial charge is 0.229 e. The molecular weight excluding hydrogens is 244 g/mol. The van der Waals surface area contributed by atoms with Crippen LogP contribution >= 0.6 is 0 Å². The molecule has 3 rings (SSSR count). The largest absolute Gasteiger partial charge is 0.493 e. The summed E-state index contributed by atoms with van der Waals surface area (Å²) in [6, 6.07) is 3.91.